The van der Waals surface area contributed by atoms with E-state index in [2.05, 4.69) is 0 Å². The molecular formula is C17H22F2O2. The molecule has 0 aromatic rings. The Morgan fingerprint density at radius 3 is 2.14 bits per heavy atom. The molecule has 0 spiro atoms. The molecule has 1 aliphatic rings. The van der Waals surface area contributed by atoms with Crippen LogP contribution in [0.2, 0.25) is 0 Å². The van der Waals surface area contributed by atoms with Gasteiger partial charge in [-0.2, -0.15) is 8.78 Å². The van der Waals surface area contributed by atoms with Gasteiger partial charge in [0.25, 0.3) is 6.08 Å². The lowest BCUT2D eigenvalue weighted by atomic mass is 9.83. The molecular weight excluding hydrogens is 274 g/mol. The zero-order chi connectivity index (χ0) is 16.2. The molecule has 0 saturated carbocycles. The molecule has 0 fully saturated rings. The average molecular weight is 296 g/mol. The molecule has 0 heterocycles. The van der Waals surface area contributed by atoms with Crippen LogP contribution in [0.15, 0.2) is 34.4 Å². The highest BCUT2D eigenvalue weighted by molar-refractivity contribution is 6.24. The summed E-state index contributed by atoms with van der Waals surface area (Å²) in [4.78, 5) is 24.3. The number of allylic oxidation sites excluding steroid dienone is 5. The van der Waals surface area contributed by atoms with E-state index in [-0.39, 0.29) is 17.5 Å². The summed E-state index contributed by atoms with van der Waals surface area (Å²) >= 11 is 0. The van der Waals surface area contributed by atoms with Crippen molar-refractivity contribution >= 4 is 11.6 Å². The van der Waals surface area contributed by atoms with E-state index in [0.29, 0.717) is 41.6 Å². The van der Waals surface area contributed by atoms with Crippen molar-refractivity contribution in [1.29, 1.82) is 0 Å². The van der Waals surface area contributed by atoms with Crippen molar-refractivity contribution in [1.82, 2.24) is 0 Å². The summed E-state index contributed by atoms with van der Waals surface area (Å²) in [6.07, 6.45) is 1.52. The highest BCUT2D eigenvalue weighted by Gasteiger charge is 2.27. The van der Waals surface area contributed by atoms with Gasteiger partial charge in [0.15, 0.2) is 11.6 Å². The Labute approximate surface area is 124 Å². The normalized spacial score (nSPS) is 17.4. The Bertz CT molecular complexity index is 535. The Hall–Kier alpha value is -1.58. The quantitative estimate of drug-likeness (QED) is 0.662. The van der Waals surface area contributed by atoms with Crippen LogP contribution >= 0.6 is 0 Å². The summed E-state index contributed by atoms with van der Waals surface area (Å²) in [6, 6.07) is 0. The third-order valence-corrected chi connectivity index (χ3v) is 4.16. The second-order valence-electron chi connectivity index (χ2n) is 5.73. The topological polar surface area (TPSA) is 34.1 Å². The van der Waals surface area contributed by atoms with E-state index in [1.807, 2.05) is 6.92 Å². The Morgan fingerprint density at radius 2 is 1.57 bits per heavy atom. The second kappa shape index (κ2) is 7.43. The summed E-state index contributed by atoms with van der Waals surface area (Å²) in [5.41, 5.74) is 2.17. The molecule has 0 radical (unpaired) electrons. The molecule has 0 bridgehead atoms. The maximum atomic E-state index is 12.2. The zero-order valence-electron chi connectivity index (χ0n) is 13.1. The molecule has 0 N–H and O–H groups in total. The van der Waals surface area contributed by atoms with Crippen LogP contribution in [0.3, 0.4) is 0 Å². The Balaban J connectivity index is 2.65. The minimum Gasteiger partial charge on any atom is -0.289 e. The van der Waals surface area contributed by atoms with E-state index < -0.39 is 6.08 Å². The maximum absolute atomic E-state index is 12.2. The van der Waals surface area contributed by atoms with Gasteiger partial charge >= 0.3 is 0 Å². The van der Waals surface area contributed by atoms with E-state index in [1.165, 1.54) is 0 Å². The first kappa shape index (κ1) is 17.5. The van der Waals surface area contributed by atoms with E-state index in [1.54, 1.807) is 20.8 Å². The molecule has 0 aromatic heterocycles. The summed E-state index contributed by atoms with van der Waals surface area (Å²) in [7, 11) is 0. The third-order valence-electron chi connectivity index (χ3n) is 4.16. The van der Waals surface area contributed by atoms with Gasteiger partial charge in [0.05, 0.1) is 0 Å². The van der Waals surface area contributed by atoms with E-state index in [9.17, 15) is 18.4 Å². The smallest absolute Gasteiger partial charge is 0.266 e. The fraction of sp³-hybridized carbons (Fsp3) is 0.529. The lowest BCUT2D eigenvalue weighted by Gasteiger charge is -2.19. The number of carbonyl (C=O) groups is 2. The molecule has 1 atom stereocenters. The molecule has 0 aromatic carbocycles. The summed E-state index contributed by atoms with van der Waals surface area (Å²) < 4.78 is 23.9. The molecule has 0 amide bonds. The predicted molar refractivity (Wildman–Crippen MR) is 79.0 cm³/mol. The number of hydrogen-bond acceptors (Lipinski definition) is 2. The van der Waals surface area contributed by atoms with Crippen LogP contribution in [0, 0.1) is 5.92 Å². The first-order valence-corrected chi connectivity index (χ1v) is 7.23. The largest absolute Gasteiger partial charge is 0.289 e. The Kier molecular flexibility index (Phi) is 6.19. The van der Waals surface area contributed by atoms with Gasteiger partial charge in [-0.1, -0.05) is 6.92 Å². The van der Waals surface area contributed by atoms with Crippen molar-refractivity contribution in [3.63, 3.8) is 0 Å². The van der Waals surface area contributed by atoms with Crippen LogP contribution in [0.5, 0.6) is 0 Å². The molecule has 0 aliphatic heterocycles. The zero-order valence-corrected chi connectivity index (χ0v) is 13.1. The van der Waals surface area contributed by atoms with Crippen LogP contribution in [-0.4, -0.2) is 11.6 Å². The highest BCUT2D eigenvalue weighted by atomic mass is 19.3. The van der Waals surface area contributed by atoms with Gasteiger partial charge in [-0.15, -0.1) is 0 Å². The van der Waals surface area contributed by atoms with Gasteiger partial charge in [-0.25, -0.2) is 0 Å². The van der Waals surface area contributed by atoms with Gasteiger partial charge in [-0.05, 0) is 58.4 Å². The molecule has 116 valence electrons. The van der Waals surface area contributed by atoms with Crippen LogP contribution in [0.4, 0.5) is 8.78 Å². The molecule has 0 saturated heterocycles. The van der Waals surface area contributed by atoms with Crippen molar-refractivity contribution in [2.45, 2.75) is 53.4 Å². The molecule has 2 nitrogen and oxygen atoms in total. The maximum Gasteiger partial charge on any atom is 0.266 e. The molecule has 4 heteroatoms. The minimum atomic E-state index is -1.65. The number of ketones is 2. The summed E-state index contributed by atoms with van der Waals surface area (Å²) in [6.45, 7) is 7.02. The fourth-order valence-electron chi connectivity index (χ4n) is 2.47. The third kappa shape index (κ3) is 4.45. The second-order valence-corrected chi connectivity index (χ2v) is 5.73. The van der Waals surface area contributed by atoms with Crippen molar-refractivity contribution in [3.8, 4) is 0 Å². The van der Waals surface area contributed by atoms with Crippen molar-refractivity contribution in [2.75, 3.05) is 0 Å². The summed E-state index contributed by atoms with van der Waals surface area (Å²) in [5.74, 6) is 0.125. The molecule has 1 aliphatic carbocycles. The lowest BCUT2D eigenvalue weighted by Crippen LogP contribution is -2.21. The summed E-state index contributed by atoms with van der Waals surface area (Å²) in [5, 5.41) is 0. The number of carbonyl (C=O) groups excluding carboxylic acids is 2. The van der Waals surface area contributed by atoms with Crippen LogP contribution in [-0.2, 0) is 9.59 Å². The van der Waals surface area contributed by atoms with Crippen molar-refractivity contribution < 1.29 is 18.4 Å². The van der Waals surface area contributed by atoms with Gasteiger partial charge in [-0.3, -0.25) is 9.59 Å². The number of halogens is 2. The van der Waals surface area contributed by atoms with E-state index in [0.717, 1.165) is 12.5 Å². The lowest BCUT2D eigenvalue weighted by molar-refractivity contribution is -0.116. The van der Waals surface area contributed by atoms with Crippen LogP contribution in [0.1, 0.15) is 53.4 Å². The van der Waals surface area contributed by atoms with E-state index >= 15 is 0 Å². The van der Waals surface area contributed by atoms with Gasteiger partial charge in [0.1, 0.15) is 0 Å². The van der Waals surface area contributed by atoms with Crippen LogP contribution in [0.25, 0.3) is 0 Å². The van der Waals surface area contributed by atoms with Crippen molar-refractivity contribution in [2.24, 2.45) is 5.92 Å². The fourth-order valence-corrected chi connectivity index (χ4v) is 2.47. The molecule has 1 unspecified atom stereocenters. The number of hydrogen-bond donors (Lipinski definition) is 0. The SMILES string of the molecule is CC1=C(C)C(=O)C(CCC(C)CCC=C(F)F)=C(C)C1=O. The van der Waals surface area contributed by atoms with Crippen molar-refractivity contribution in [3.05, 3.63) is 34.4 Å². The highest BCUT2D eigenvalue weighted by Crippen LogP contribution is 2.28. The first-order valence-electron chi connectivity index (χ1n) is 7.23. The minimum absolute atomic E-state index is 0.0495. The predicted octanol–water partition coefficient (Wildman–Crippen LogP) is 4.77. The molecule has 21 heavy (non-hydrogen) atoms. The Morgan fingerprint density at radius 1 is 1.00 bits per heavy atom. The van der Waals surface area contributed by atoms with Crippen LogP contribution < -0.4 is 0 Å². The van der Waals surface area contributed by atoms with Gasteiger partial charge in [0, 0.05) is 22.3 Å². The average Bonchev–Trinajstić information content (AvgIpc) is 2.42. The van der Waals surface area contributed by atoms with Gasteiger partial charge < -0.3 is 0 Å². The molecule has 1 rings (SSSR count). The number of rotatable bonds is 6. The number of Topliss-reactive ketones (excluding diaryl/α,β-unsaturated/α-hetero) is 2. The van der Waals surface area contributed by atoms with Gasteiger partial charge in [0.2, 0.25) is 0 Å². The standard InChI is InChI=1S/C17H22F2O2/c1-10(6-5-7-15(18)19)8-9-14-13(4)16(20)11(2)12(3)17(14)21/h7,10H,5-6,8-9H2,1-4H3. The monoisotopic (exact) mass is 296 g/mol. The van der Waals surface area contributed by atoms with E-state index in [4.69, 9.17) is 0 Å². The first-order chi connectivity index (χ1) is 9.75.